The first-order valence-electron chi connectivity index (χ1n) is 8.56. The van der Waals surface area contributed by atoms with Crippen LogP contribution in [0, 0.1) is 0 Å². The van der Waals surface area contributed by atoms with Crippen LogP contribution < -0.4 is 14.8 Å². The van der Waals surface area contributed by atoms with E-state index in [0.717, 1.165) is 24.2 Å². The first-order valence-corrected chi connectivity index (χ1v) is 8.94. The Kier molecular flexibility index (Phi) is 7.61. The summed E-state index contributed by atoms with van der Waals surface area (Å²) in [5.41, 5.74) is 1.44. The zero-order valence-electron chi connectivity index (χ0n) is 14.7. The molecule has 134 valence electrons. The number of amides is 1. The van der Waals surface area contributed by atoms with Crippen molar-refractivity contribution in [3.8, 4) is 11.5 Å². The Hall–Kier alpha value is -2.20. The lowest BCUT2D eigenvalue weighted by Gasteiger charge is -2.13. The van der Waals surface area contributed by atoms with Crippen molar-refractivity contribution in [2.75, 3.05) is 13.2 Å². The second-order valence-corrected chi connectivity index (χ2v) is 6.04. The fourth-order valence-corrected chi connectivity index (χ4v) is 2.43. The molecule has 0 saturated heterocycles. The number of benzene rings is 2. The fraction of sp³-hybridized carbons (Fsp3) is 0.350. The van der Waals surface area contributed by atoms with Gasteiger partial charge in [-0.1, -0.05) is 24.9 Å². The van der Waals surface area contributed by atoms with Gasteiger partial charge in [0.25, 0.3) is 5.91 Å². The molecule has 0 fully saturated rings. The molecule has 2 aromatic rings. The van der Waals surface area contributed by atoms with Crippen LogP contribution in [-0.2, 0) is 6.61 Å². The SMILES string of the molecule is CCCCNC(=O)c1ccc(OCC)c(COc2ccc(Cl)cc2)c1. The van der Waals surface area contributed by atoms with Gasteiger partial charge < -0.3 is 14.8 Å². The van der Waals surface area contributed by atoms with Crippen LogP contribution in [0.2, 0.25) is 5.02 Å². The second-order valence-electron chi connectivity index (χ2n) is 5.61. The average molecular weight is 362 g/mol. The molecule has 4 nitrogen and oxygen atoms in total. The first kappa shape index (κ1) is 19.1. The number of nitrogens with one attached hydrogen (secondary N) is 1. The molecule has 2 aromatic carbocycles. The Bertz CT molecular complexity index is 686. The number of ether oxygens (including phenoxy) is 2. The summed E-state index contributed by atoms with van der Waals surface area (Å²) < 4.78 is 11.4. The number of carbonyl (C=O) groups excluding carboxylic acids is 1. The highest BCUT2D eigenvalue weighted by atomic mass is 35.5. The van der Waals surface area contributed by atoms with Crippen LogP contribution in [0.15, 0.2) is 42.5 Å². The average Bonchev–Trinajstić information content (AvgIpc) is 2.62. The van der Waals surface area contributed by atoms with Crippen molar-refractivity contribution in [1.29, 1.82) is 0 Å². The molecular formula is C20H24ClNO3. The monoisotopic (exact) mass is 361 g/mol. The highest BCUT2D eigenvalue weighted by molar-refractivity contribution is 6.30. The number of hydrogen-bond acceptors (Lipinski definition) is 3. The van der Waals surface area contributed by atoms with Crippen molar-refractivity contribution >= 4 is 17.5 Å². The Balaban J connectivity index is 2.10. The van der Waals surface area contributed by atoms with Crippen molar-refractivity contribution in [2.24, 2.45) is 0 Å². The minimum atomic E-state index is -0.0794. The van der Waals surface area contributed by atoms with Gasteiger partial charge in [-0.3, -0.25) is 4.79 Å². The zero-order chi connectivity index (χ0) is 18.1. The summed E-state index contributed by atoms with van der Waals surface area (Å²) >= 11 is 5.88. The minimum absolute atomic E-state index is 0.0794. The molecule has 0 aliphatic heterocycles. The van der Waals surface area contributed by atoms with E-state index in [4.69, 9.17) is 21.1 Å². The summed E-state index contributed by atoms with van der Waals surface area (Å²) in [5, 5.41) is 3.58. The molecule has 0 heterocycles. The van der Waals surface area contributed by atoms with Crippen molar-refractivity contribution in [3.05, 3.63) is 58.6 Å². The van der Waals surface area contributed by atoms with Gasteiger partial charge in [0.2, 0.25) is 0 Å². The maximum absolute atomic E-state index is 12.2. The molecule has 2 rings (SSSR count). The molecule has 0 unspecified atom stereocenters. The Morgan fingerprint density at radius 3 is 2.52 bits per heavy atom. The molecule has 0 bridgehead atoms. The summed E-state index contributed by atoms with van der Waals surface area (Å²) in [7, 11) is 0. The summed E-state index contributed by atoms with van der Waals surface area (Å²) in [5.74, 6) is 1.36. The van der Waals surface area contributed by atoms with E-state index in [9.17, 15) is 4.79 Å². The van der Waals surface area contributed by atoms with E-state index in [1.54, 1.807) is 18.2 Å². The van der Waals surface area contributed by atoms with Crippen LogP contribution >= 0.6 is 11.6 Å². The third kappa shape index (κ3) is 5.98. The number of hydrogen-bond donors (Lipinski definition) is 1. The molecule has 0 radical (unpaired) electrons. The highest BCUT2D eigenvalue weighted by Gasteiger charge is 2.11. The fourth-order valence-electron chi connectivity index (χ4n) is 2.30. The van der Waals surface area contributed by atoms with Gasteiger partial charge in [0.1, 0.15) is 18.1 Å². The summed E-state index contributed by atoms with van der Waals surface area (Å²) in [6.07, 6.45) is 2.01. The van der Waals surface area contributed by atoms with E-state index < -0.39 is 0 Å². The van der Waals surface area contributed by atoms with Crippen molar-refractivity contribution in [2.45, 2.75) is 33.3 Å². The molecule has 1 amide bonds. The van der Waals surface area contributed by atoms with Gasteiger partial charge in [-0.15, -0.1) is 0 Å². The van der Waals surface area contributed by atoms with E-state index in [-0.39, 0.29) is 5.91 Å². The first-order chi connectivity index (χ1) is 12.1. The van der Waals surface area contributed by atoms with Crippen LogP contribution in [0.4, 0.5) is 0 Å². The normalized spacial score (nSPS) is 10.4. The van der Waals surface area contributed by atoms with E-state index in [0.29, 0.717) is 36.1 Å². The largest absolute Gasteiger partial charge is 0.493 e. The quantitative estimate of drug-likeness (QED) is 0.649. The molecule has 0 saturated carbocycles. The van der Waals surface area contributed by atoms with Crippen molar-refractivity contribution in [3.63, 3.8) is 0 Å². The lowest BCUT2D eigenvalue weighted by molar-refractivity contribution is 0.0953. The van der Waals surface area contributed by atoms with E-state index in [1.165, 1.54) is 0 Å². The Morgan fingerprint density at radius 1 is 1.08 bits per heavy atom. The molecule has 0 aromatic heterocycles. The van der Waals surface area contributed by atoms with Gasteiger partial charge in [0.15, 0.2) is 0 Å². The lowest BCUT2D eigenvalue weighted by atomic mass is 10.1. The van der Waals surface area contributed by atoms with E-state index >= 15 is 0 Å². The van der Waals surface area contributed by atoms with E-state index in [1.807, 2.05) is 31.2 Å². The van der Waals surface area contributed by atoms with Crippen LogP contribution in [0.1, 0.15) is 42.6 Å². The number of halogens is 1. The van der Waals surface area contributed by atoms with Gasteiger partial charge in [0, 0.05) is 22.7 Å². The minimum Gasteiger partial charge on any atom is -0.493 e. The van der Waals surface area contributed by atoms with Crippen LogP contribution in [-0.4, -0.2) is 19.1 Å². The third-order valence-corrected chi connectivity index (χ3v) is 3.90. The Labute approximate surface area is 154 Å². The van der Waals surface area contributed by atoms with Crippen molar-refractivity contribution < 1.29 is 14.3 Å². The lowest BCUT2D eigenvalue weighted by Crippen LogP contribution is -2.24. The molecule has 0 aliphatic carbocycles. The van der Waals surface area contributed by atoms with Gasteiger partial charge >= 0.3 is 0 Å². The van der Waals surface area contributed by atoms with Crippen molar-refractivity contribution in [1.82, 2.24) is 5.32 Å². The smallest absolute Gasteiger partial charge is 0.251 e. The summed E-state index contributed by atoms with van der Waals surface area (Å²) in [4.78, 5) is 12.2. The molecule has 25 heavy (non-hydrogen) atoms. The molecule has 5 heteroatoms. The van der Waals surface area contributed by atoms with Gasteiger partial charge in [-0.25, -0.2) is 0 Å². The topological polar surface area (TPSA) is 47.6 Å². The maximum atomic E-state index is 12.2. The van der Waals surface area contributed by atoms with E-state index in [2.05, 4.69) is 12.2 Å². The third-order valence-electron chi connectivity index (χ3n) is 3.65. The molecule has 0 aliphatic rings. The van der Waals surface area contributed by atoms with Crippen LogP contribution in [0.5, 0.6) is 11.5 Å². The number of unbranched alkanes of at least 4 members (excludes halogenated alkanes) is 1. The predicted octanol–water partition coefficient (Wildman–Crippen LogP) is 4.85. The van der Waals surface area contributed by atoms with Crippen LogP contribution in [0.3, 0.4) is 0 Å². The summed E-state index contributed by atoms with van der Waals surface area (Å²) in [6.45, 7) is 5.56. The highest BCUT2D eigenvalue weighted by Crippen LogP contribution is 2.23. The van der Waals surface area contributed by atoms with Crippen LogP contribution in [0.25, 0.3) is 0 Å². The molecule has 1 N–H and O–H groups in total. The predicted molar refractivity (Wildman–Crippen MR) is 101 cm³/mol. The maximum Gasteiger partial charge on any atom is 0.251 e. The number of carbonyl (C=O) groups is 1. The van der Waals surface area contributed by atoms with Gasteiger partial charge in [-0.05, 0) is 55.8 Å². The molecular weight excluding hydrogens is 338 g/mol. The molecule has 0 spiro atoms. The summed E-state index contributed by atoms with van der Waals surface area (Å²) in [6, 6.07) is 12.6. The van der Waals surface area contributed by atoms with Gasteiger partial charge in [-0.2, -0.15) is 0 Å². The second kappa shape index (κ2) is 9.94. The standard InChI is InChI=1S/C20H24ClNO3/c1-3-5-12-22-20(23)15-6-11-19(24-4-2)16(13-15)14-25-18-9-7-17(21)8-10-18/h6-11,13H,3-5,12,14H2,1-2H3,(H,22,23). The Morgan fingerprint density at radius 2 is 1.84 bits per heavy atom. The number of rotatable bonds is 9. The van der Waals surface area contributed by atoms with Gasteiger partial charge in [0.05, 0.1) is 6.61 Å². The molecule has 0 atom stereocenters. The zero-order valence-corrected chi connectivity index (χ0v) is 15.4.